The molecule has 1 fully saturated rings. The third-order valence-corrected chi connectivity index (χ3v) is 2.17. The molecule has 3 nitrogen and oxygen atoms in total. The molecule has 0 N–H and O–H groups in total. The Morgan fingerprint density at radius 3 is 3.08 bits per heavy atom. The molecule has 0 radical (unpaired) electrons. The van der Waals surface area contributed by atoms with Crippen LogP contribution in [0, 0.1) is 17.2 Å². The van der Waals surface area contributed by atoms with E-state index in [0.717, 1.165) is 19.8 Å². The molecule has 0 bridgehead atoms. The largest absolute Gasteiger partial charge is 0.381 e. The summed E-state index contributed by atoms with van der Waals surface area (Å²) in [6.45, 7) is 3.30. The van der Waals surface area contributed by atoms with Crippen LogP contribution in [-0.4, -0.2) is 38.3 Å². The lowest BCUT2D eigenvalue weighted by molar-refractivity contribution is 0.0435. The number of ether oxygens (including phenoxy) is 1. The fourth-order valence-electron chi connectivity index (χ4n) is 1.58. The van der Waals surface area contributed by atoms with Crippen molar-refractivity contribution in [2.24, 2.45) is 5.92 Å². The van der Waals surface area contributed by atoms with Gasteiger partial charge in [0.05, 0.1) is 19.2 Å². The van der Waals surface area contributed by atoms with Crippen molar-refractivity contribution in [1.29, 1.82) is 5.26 Å². The maximum Gasteiger partial charge on any atom is 0.0863 e. The second-order valence-electron chi connectivity index (χ2n) is 3.44. The number of hydrogen-bond donors (Lipinski definition) is 0. The Balaban J connectivity index is 2.16. The van der Waals surface area contributed by atoms with E-state index >= 15 is 0 Å². The molecule has 0 aromatic heterocycles. The summed E-state index contributed by atoms with van der Waals surface area (Å²) in [5.74, 6) is 0.636. The lowest BCUT2D eigenvalue weighted by atomic mass is 10.0. The number of nitrogens with zero attached hydrogens (tertiary/aromatic N) is 2. The SMILES string of the molecule is CN(CC#N)CC1CCCOC1. The lowest BCUT2D eigenvalue weighted by Crippen LogP contribution is -2.31. The van der Waals surface area contributed by atoms with Crippen LogP contribution in [0.1, 0.15) is 12.8 Å². The molecule has 1 aliphatic rings. The normalized spacial score (nSPS) is 23.9. The van der Waals surface area contributed by atoms with Crippen molar-refractivity contribution >= 4 is 0 Å². The molecule has 1 unspecified atom stereocenters. The first-order valence-electron chi connectivity index (χ1n) is 4.46. The van der Waals surface area contributed by atoms with Crippen LogP contribution < -0.4 is 0 Å². The van der Waals surface area contributed by atoms with Gasteiger partial charge in [0.1, 0.15) is 0 Å². The highest BCUT2D eigenvalue weighted by Crippen LogP contribution is 2.13. The van der Waals surface area contributed by atoms with Gasteiger partial charge < -0.3 is 4.74 Å². The van der Waals surface area contributed by atoms with Gasteiger partial charge in [0.15, 0.2) is 0 Å². The molecule has 1 heterocycles. The summed E-state index contributed by atoms with van der Waals surface area (Å²) in [4.78, 5) is 2.05. The minimum Gasteiger partial charge on any atom is -0.381 e. The Morgan fingerprint density at radius 1 is 1.67 bits per heavy atom. The first kappa shape index (κ1) is 9.50. The van der Waals surface area contributed by atoms with Gasteiger partial charge in [0.25, 0.3) is 0 Å². The highest BCUT2D eigenvalue weighted by Gasteiger charge is 2.15. The first-order chi connectivity index (χ1) is 5.83. The number of rotatable bonds is 3. The smallest absolute Gasteiger partial charge is 0.0863 e. The molecule has 1 rings (SSSR count). The molecule has 1 aliphatic heterocycles. The summed E-state index contributed by atoms with van der Waals surface area (Å²) in [7, 11) is 1.98. The number of nitriles is 1. The Bertz CT molecular complexity index is 158. The van der Waals surface area contributed by atoms with Gasteiger partial charge >= 0.3 is 0 Å². The number of hydrogen-bond acceptors (Lipinski definition) is 3. The standard InChI is InChI=1S/C9H16N2O/c1-11(5-4-10)7-9-3-2-6-12-8-9/h9H,2-3,5-8H2,1H3. The van der Waals surface area contributed by atoms with Crippen LogP contribution in [0.25, 0.3) is 0 Å². The van der Waals surface area contributed by atoms with Crippen LogP contribution >= 0.6 is 0 Å². The Hall–Kier alpha value is -0.590. The molecule has 68 valence electrons. The topological polar surface area (TPSA) is 36.3 Å². The van der Waals surface area contributed by atoms with Gasteiger partial charge in [-0.1, -0.05) is 0 Å². The third kappa shape index (κ3) is 3.21. The molecule has 3 heteroatoms. The predicted octanol–water partition coefficient (Wildman–Crippen LogP) is 0.868. The fraction of sp³-hybridized carbons (Fsp3) is 0.889. The zero-order chi connectivity index (χ0) is 8.81. The van der Waals surface area contributed by atoms with E-state index in [1.807, 2.05) is 7.05 Å². The molecule has 0 spiro atoms. The molecule has 12 heavy (non-hydrogen) atoms. The highest BCUT2D eigenvalue weighted by molar-refractivity contribution is 4.76. The molecule has 0 aliphatic carbocycles. The van der Waals surface area contributed by atoms with Gasteiger partial charge in [-0.25, -0.2) is 0 Å². The second-order valence-corrected chi connectivity index (χ2v) is 3.44. The molecular formula is C9H16N2O. The van der Waals surface area contributed by atoms with Crippen molar-refractivity contribution < 1.29 is 4.74 Å². The Labute approximate surface area is 73.9 Å². The van der Waals surface area contributed by atoms with E-state index in [-0.39, 0.29) is 0 Å². The molecular weight excluding hydrogens is 152 g/mol. The molecule has 0 amide bonds. The minimum atomic E-state index is 0.524. The van der Waals surface area contributed by atoms with E-state index in [2.05, 4.69) is 11.0 Å². The van der Waals surface area contributed by atoms with Crippen molar-refractivity contribution in [3.05, 3.63) is 0 Å². The Morgan fingerprint density at radius 2 is 2.50 bits per heavy atom. The van der Waals surface area contributed by atoms with Crippen LogP contribution in [0.3, 0.4) is 0 Å². The van der Waals surface area contributed by atoms with Crippen LogP contribution in [-0.2, 0) is 4.74 Å². The fourth-order valence-corrected chi connectivity index (χ4v) is 1.58. The van der Waals surface area contributed by atoms with E-state index in [4.69, 9.17) is 10.00 Å². The molecule has 0 aromatic carbocycles. The Kier molecular flexibility index (Phi) is 4.06. The average Bonchev–Trinajstić information content (AvgIpc) is 2.06. The molecule has 1 atom stereocenters. The molecule has 0 aromatic rings. The zero-order valence-corrected chi connectivity index (χ0v) is 7.62. The summed E-state index contributed by atoms with van der Waals surface area (Å²) in [5.41, 5.74) is 0. The van der Waals surface area contributed by atoms with Gasteiger partial charge in [-0.2, -0.15) is 5.26 Å². The zero-order valence-electron chi connectivity index (χ0n) is 7.62. The van der Waals surface area contributed by atoms with Crippen molar-refractivity contribution in [2.75, 3.05) is 33.4 Å². The average molecular weight is 168 g/mol. The maximum absolute atomic E-state index is 8.44. The van der Waals surface area contributed by atoms with Crippen LogP contribution in [0.15, 0.2) is 0 Å². The van der Waals surface area contributed by atoms with Crippen molar-refractivity contribution in [2.45, 2.75) is 12.8 Å². The third-order valence-electron chi connectivity index (χ3n) is 2.17. The maximum atomic E-state index is 8.44. The van der Waals surface area contributed by atoms with Gasteiger partial charge in [-0.3, -0.25) is 4.90 Å². The molecule has 0 saturated carbocycles. The quantitative estimate of drug-likeness (QED) is 0.587. The van der Waals surface area contributed by atoms with E-state index in [1.165, 1.54) is 12.8 Å². The molecule has 1 saturated heterocycles. The predicted molar refractivity (Wildman–Crippen MR) is 46.7 cm³/mol. The van der Waals surface area contributed by atoms with Crippen LogP contribution in [0.4, 0.5) is 0 Å². The van der Waals surface area contributed by atoms with Crippen molar-refractivity contribution in [3.63, 3.8) is 0 Å². The highest BCUT2D eigenvalue weighted by atomic mass is 16.5. The van der Waals surface area contributed by atoms with Crippen LogP contribution in [0.2, 0.25) is 0 Å². The van der Waals surface area contributed by atoms with Crippen molar-refractivity contribution in [1.82, 2.24) is 4.90 Å². The summed E-state index contributed by atoms with van der Waals surface area (Å²) in [6.07, 6.45) is 2.42. The van der Waals surface area contributed by atoms with Gasteiger partial charge in [-0.15, -0.1) is 0 Å². The van der Waals surface area contributed by atoms with Crippen molar-refractivity contribution in [3.8, 4) is 6.07 Å². The van der Waals surface area contributed by atoms with E-state index in [1.54, 1.807) is 0 Å². The van der Waals surface area contributed by atoms with Gasteiger partial charge in [0, 0.05) is 13.2 Å². The first-order valence-corrected chi connectivity index (χ1v) is 4.46. The summed E-state index contributed by atoms with van der Waals surface area (Å²) < 4.78 is 5.35. The van der Waals surface area contributed by atoms with Gasteiger partial charge in [0.2, 0.25) is 0 Å². The van der Waals surface area contributed by atoms with E-state index < -0.39 is 0 Å². The monoisotopic (exact) mass is 168 g/mol. The summed E-state index contributed by atoms with van der Waals surface area (Å²) in [5, 5.41) is 8.44. The lowest BCUT2D eigenvalue weighted by Gasteiger charge is -2.25. The van der Waals surface area contributed by atoms with E-state index in [9.17, 15) is 0 Å². The van der Waals surface area contributed by atoms with Crippen LogP contribution in [0.5, 0.6) is 0 Å². The summed E-state index contributed by atoms with van der Waals surface area (Å²) in [6, 6.07) is 2.14. The minimum absolute atomic E-state index is 0.524. The van der Waals surface area contributed by atoms with Gasteiger partial charge in [-0.05, 0) is 25.8 Å². The second kappa shape index (κ2) is 5.13. The van der Waals surface area contributed by atoms with E-state index in [0.29, 0.717) is 12.5 Å². The summed E-state index contributed by atoms with van der Waals surface area (Å²) >= 11 is 0.